The van der Waals surface area contributed by atoms with Crippen LogP contribution in [0.4, 0.5) is 5.82 Å². The number of rotatable bonds is 4. The van der Waals surface area contributed by atoms with E-state index in [1.54, 1.807) is 6.20 Å². The van der Waals surface area contributed by atoms with Gasteiger partial charge in [0.25, 0.3) is 5.91 Å². The lowest BCUT2D eigenvalue weighted by molar-refractivity contribution is -0.138. The van der Waals surface area contributed by atoms with E-state index in [-0.39, 0.29) is 18.2 Å². The Kier molecular flexibility index (Phi) is 3.32. The topological polar surface area (TPSA) is 75.2 Å². The number of imide groups is 1. The summed E-state index contributed by atoms with van der Waals surface area (Å²) < 4.78 is 0. The summed E-state index contributed by atoms with van der Waals surface area (Å²) >= 11 is 0. The van der Waals surface area contributed by atoms with Crippen molar-refractivity contribution in [3.63, 3.8) is 0 Å². The molecule has 2 amide bonds. The second-order valence-electron chi connectivity index (χ2n) is 3.88. The number of nitrogens with zero attached hydrogens (tertiary/aromatic N) is 3. The molecule has 0 aliphatic carbocycles. The molecule has 1 unspecified atom stereocenters. The lowest BCUT2D eigenvalue weighted by atomic mass is 10.2. The van der Waals surface area contributed by atoms with Gasteiger partial charge in [-0.3, -0.25) is 19.5 Å². The predicted molar refractivity (Wildman–Crippen MR) is 61.1 cm³/mol. The molecule has 1 aliphatic heterocycles. The fraction of sp³-hybridized carbons (Fsp3) is 0.455. The molecule has 0 saturated carbocycles. The smallest absolute Gasteiger partial charge is 0.252 e. The highest BCUT2D eigenvalue weighted by molar-refractivity contribution is 6.06. The zero-order chi connectivity index (χ0) is 12.3. The van der Waals surface area contributed by atoms with Crippen LogP contribution in [0.25, 0.3) is 0 Å². The standard InChI is InChI=1S/C11H14N4O2/c1-2-5-15-10(16)6-8(11(15)17)14-9-7-12-3-4-13-9/h3-4,7-8H,2,5-6H2,1H3,(H,13,14). The molecule has 6 nitrogen and oxygen atoms in total. The van der Waals surface area contributed by atoms with E-state index in [9.17, 15) is 9.59 Å². The highest BCUT2D eigenvalue weighted by atomic mass is 16.2. The fourth-order valence-electron chi connectivity index (χ4n) is 1.81. The van der Waals surface area contributed by atoms with E-state index in [1.807, 2.05) is 6.92 Å². The van der Waals surface area contributed by atoms with Crippen molar-refractivity contribution in [3.05, 3.63) is 18.6 Å². The monoisotopic (exact) mass is 234 g/mol. The molecule has 2 rings (SSSR count). The first kappa shape index (κ1) is 11.5. The van der Waals surface area contributed by atoms with Crippen LogP contribution in [-0.4, -0.2) is 39.3 Å². The minimum absolute atomic E-state index is 0.127. The van der Waals surface area contributed by atoms with Gasteiger partial charge in [-0.2, -0.15) is 0 Å². The minimum atomic E-state index is -0.509. The minimum Gasteiger partial charge on any atom is -0.357 e. The summed E-state index contributed by atoms with van der Waals surface area (Å²) in [5.74, 6) is 0.206. The van der Waals surface area contributed by atoms with Crippen molar-refractivity contribution in [1.82, 2.24) is 14.9 Å². The summed E-state index contributed by atoms with van der Waals surface area (Å²) in [7, 11) is 0. The van der Waals surface area contributed by atoms with Crippen LogP contribution in [0.1, 0.15) is 19.8 Å². The highest BCUT2D eigenvalue weighted by Crippen LogP contribution is 2.16. The summed E-state index contributed by atoms with van der Waals surface area (Å²) in [6.45, 7) is 2.42. The third kappa shape index (κ3) is 2.41. The molecule has 17 heavy (non-hydrogen) atoms. The molecule has 1 aromatic heterocycles. The van der Waals surface area contributed by atoms with Crippen LogP contribution in [0.3, 0.4) is 0 Å². The van der Waals surface area contributed by atoms with Gasteiger partial charge in [-0.1, -0.05) is 6.92 Å². The fourth-order valence-corrected chi connectivity index (χ4v) is 1.81. The second-order valence-corrected chi connectivity index (χ2v) is 3.88. The molecule has 0 bridgehead atoms. The van der Waals surface area contributed by atoms with Crippen molar-refractivity contribution in [2.75, 3.05) is 11.9 Å². The van der Waals surface area contributed by atoms with E-state index in [4.69, 9.17) is 0 Å². The summed E-state index contributed by atoms with van der Waals surface area (Å²) in [6, 6.07) is -0.509. The van der Waals surface area contributed by atoms with Crippen molar-refractivity contribution in [2.45, 2.75) is 25.8 Å². The molecular formula is C11H14N4O2. The van der Waals surface area contributed by atoms with Gasteiger partial charge in [-0.05, 0) is 6.42 Å². The number of likely N-dealkylation sites (tertiary alicyclic amines) is 1. The first-order valence-electron chi connectivity index (χ1n) is 5.59. The number of carbonyl (C=O) groups is 2. The highest BCUT2D eigenvalue weighted by Gasteiger charge is 2.37. The molecule has 1 atom stereocenters. The third-order valence-corrected chi connectivity index (χ3v) is 2.58. The maximum atomic E-state index is 11.9. The van der Waals surface area contributed by atoms with Crippen LogP contribution in [0.15, 0.2) is 18.6 Å². The van der Waals surface area contributed by atoms with Gasteiger partial charge in [0.2, 0.25) is 5.91 Å². The SMILES string of the molecule is CCCN1C(=O)CC(Nc2cnccn2)C1=O. The number of amides is 2. The molecule has 0 spiro atoms. The molecule has 90 valence electrons. The van der Waals surface area contributed by atoms with Gasteiger partial charge >= 0.3 is 0 Å². The van der Waals surface area contributed by atoms with E-state index in [0.29, 0.717) is 12.4 Å². The Morgan fingerprint density at radius 1 is 1.47 bits per heavy atom. The normalized spacial score (nSPS) is 19.8. The van der Waals surface area contributed by atoms with Crippen LogP contribution in [0, 0.1) is 0 Å². The zero-order valence-electron chi connectivity index (χ0n) is 9.59. The summed E-state index contributed by atoms with van der Waals surface area (Å²) in [6.07, 6.45) is 5.58. The number of nitrogens with one attached hydrogen (secondary N) is 1. The van der Waals surface area contributed by atoms with Gasteiger partial charge in [-0.15, -0.1) is 0 Å². The van der Waals surface area contributed by atoms with E-state index in [2.05, 4.69) is 15.3 Å². The molecule has 1 saturated heterocycles. The van der Waals surface area contributed by atoms with Crippen molar-refractivity contribution >= 4 is 17.6 Å². The Morgan fingerprint density at radius 2 is 2.29 bits per heavy atom. The van der Waals surface area contributed by atoms with E-state index >= 15 is 0 Å². The van der Waals surface area contributed by atoms with E-state index < -0.39 is 6.04 Å². The number of hydrogen-bond donors (Lipinski definition) is 1. The van der Waals surface area contributed by atoms with Gasteiger partial charge in [0.1, 0.15) is 11.9 Å². The van der Waals surface area contributed by atoms with Crippen LogP contribution >= 0.6 is 0 Å². The quantitative estimate of drug-likeness (QED) is 0.764. The van der Waals surface area contributed by atoms with Crippen LogP contribution in [0.2, 0.25) is 0 Å². The zero-order valence-corrected chi connectivity index (χ0v) is 9.59. The van der Waals surface area contributed by atoms with Crippen LogP contribution in [0.5, 0.6) is 0 Å². The number of hydrogen-bond acceptors (Lipinski definition) is 5. The second kappa shape index (κ2) is 4.90. The lowest BCUT2D eigenvalue weighted by Crippen LogP contribution is -2.35. The Balaban J connectivity index is 2.04. The molecule has 2 heterocycles. The van der Waals surface area contributed by atoms with E-state index in [1.165, 1.54) is 17.3 Å². The van der Waals surface area contributed by atoms with E-state index in [0.717, 1.165) is 6.42 Å². The van der Waals surface area contributed by atoms with Crippen molar-refractivity contribution < 1.29 is 9.59 Å². The van der Waals surface area contributed by atoms with Gasteiger partial charge in [0, 0.05) is 18.9 Å². The maximum absolute atomic E-state index is 11.9. The van der Waals surface area contributed by atoms with Gasteiger partial charge in [0.05, 0.1) is 12.6 Å². The summed E-state index contributed by atoms with van der Waals surface area (Å²) in [5, 5.41) is 2.92. The average molecular weight is 234 g/mol. The molecule has 6 heteroatoms. The van der Waals surface area contributed by atoms with Gasteiger partial charge in [-0.25, -0.2) is 4.98 Å². The summed E-state index contributed by atoms with van der Waals surface area (Å²) in [4.78, 5) is 32.7. The van der Waals surface area contributed by atoms with Gasteiger partial charge < -0.3 is 5.32 Å². The Labute approximate surface area is 99.1 Å². The molecule has 0 aromatic carbocycles. The van der Waals surface area contributed by atoms with Crippen molar-refractivity contribution in [2.24, 2.45) is 0 Å². The van der Waals surface area contributed by atoms with Crippen molar-refractivity contribution in [3.8, 4) is 0 Å². The number of carbonyl (C=O) groups excluding carboxylic acids is 2. The molecule has 1 aliphatic rings. The first-order valence-corrected chi connectivity index (χ1v) is 5.59. The molecule has 1 fully saturated rings. The first-order chi connectivity index (χ1) is 8.22. The van der Waals surface area contributed by atoms with Gasteiger partial charge in [0.15, 0.2) is 0 Å². The molecule has 1 N–H and O–H groups in total. The molecular weight excluding hydrogens is 220 g/mol. The number of anilines is 1. The van der Waals surface area contributed by atoms with Crippen LogP contribution in [-0.2, 0) is 9.59 Å². The predicted octanol–water partition coefficient (Wildman–Crippen LogP) is 0.426. The average Bonchev–Trinajstić information content (AvgIpc) is 2.59. The van der Waals surface area contributed by atoms with Crippen LogP contribution < -0.4 is 5.32 Å². The Morgan fingerprint density at radius 3 is 2.94 bits per heavy atom. The molecule has 1 aromatic rings. The molecule has 0 radical (unpaired) electrons. The lowest BCUT2D eigenvalue weighted by Gasteiger charge is -2.14. The Bertz CT molecular complexity index is 421. The van der Waals surface area contributed by atoms with Crippen molar-refractivity contribution in [1.29, 1.82) is 0 Å². The third-order valence-electron chi connectivity index (χ3n) is 2.58. The number of aromatic nitrogens is 2. The maximum Gasteiger partial charge on any atom is 0.252 e. The largest absolute Gasteiger partial charge is 0.357 e. The summed E-state index contributed by atoms with van der Waals surface area (Å²) in [5.41, 5.74) is 0. The Hall–Kier alpha value is -1.98.